The van der Waals surface area contributed by atoms with Gasteiger partial charge in [0, 0.05) is 19.2 Å². The van der Waals surface area contributed by atoms with E-state index in [1.165, 1.54) is 25.7 Å². The number of amides is 2. The molecular weight excluding hydrogens is 304 g/mol. The van der Waals surface area contributed by atoms with E-state index in [1.807, 2.05) is 24.1 Å². The van der Waals surface area contributed by atoms with Gasteiger partial charge in [0.2, 0.25) is 5.91 Å². The predicted molar refractivity (Wildman–Crippen MR) is 94.4 cm³/mol. The van der Waals surface area contributed by atoms with E-state index in [0.29, 0.717) is 11.8 Å². The first-order valence-corrected chi connectivity index (χ1v) is 8.52. The summed E-state index contributed by atoms with van der Waals surface area (Å²) in [6, 6.07) is 7.54. The third-order valence-corrected chi connectivity index (χ3v) is 4.40. The van der Waals surface area contributed by atoms with Crippen molar-refractivity contribution in [2.45, 2.75) is 44.6 Å². The summed E-state index contributed by atoms with van der Waals surface area (Å²) in [7, 11) is 1.89. The minimum Gasteiger partial charge on any atom is -0.484 e. The fraction of sp³-hybridized carbons (Fsp3) is 0.474. The van der Waals surface area contributed by atoms with Crippen molar-refractivity contribution in [3.63, 3.8) is 0 Å². The topological polar surface area (TPSA) is 72.6 Å². The number of rotatable bonds is 6. The summed E-state index contributed by atoms with van der Waals surface area (Å²) in [5, 5.41) is 0. The largest absolute Gasteiger partial charge is 0.484 e. The Bertz CT molecular complexity index is 573. The van der Waals surface area contributed by atoms with Crippen LogP contribution >= 0.6 is 0 Å². The Morgan fingerprint density at radius 2 is 1.79 bits per heavy atom. The van der Waals surface area contributed by atoms with Gasteiger partial charge in [-0.1, -0.05) is 37.8 Å². The van der Waals surface area contributed by atoms with Crippen LogP contribution < -0.4 is 10.5 Å². The average Bonchev–Trinajstić information content (AvgIpc) is 2.87. The highest BCUT2D eigenvalue weighted by molar-refractivity contribution is 5.91. The third kappa shape index (κ3) is 5.72. The molecule has 0 radical (unpaired) electrons. The third-order valence-electron chi connectivity index (χ3n) is 4.40. The molecule has 24 heavy (non-hydrogen) atoms. The standard InChI is InChI=1S/C19H26N2O3/c1-21(16-6-4-2-3-5-7-16)19(23)13-10-15-8-11-17(12-9-15)24-14-18(20)22/h8-13,16H,2-7,14H2,1H3,(H2,20,22)/b13-10+. The molecule has 0 heterocycles. The molecule has 130 valence electrons. The fourth-order valence-corrected chi connectivity index (χ4v) is 2.94. The maximum atomic E-state index is 12.3. The van der Waals surface area contributed by atoms with Crippen LogP contribution in [0.4, 0.5) is 0 Å². The molecule has 5 nitrogen and oxygen atoms in total. The van der Waals surface area contributed by atoms with E-state index in [-0.39, 0.29) is 12.5 Å². The summed E-state index contributed by atoms with van der Waals surface area (Å²) in [6.07, 6.45) is 10.6. The normalized spacial score (nSPS) is 15.9. The Morgan fingerprint density at radius 3 is 2.38 bits per heavy atom. The number of nitrogens with zero attached hydrogens (tertiary/aromatic N) is 1. The predicted octanol–water partition coefficient (Wildman–Crippen LogP) is 2.75. The van der Waals surface area contributed by atoms with E-state index in [1.54, 1.807) is 24.3 Å². The van der Waals surface area contributed by atoms with Crippen LogP contribution in [0.1, 0.15) is 44.1 Å². The van der Waals surface area contributed by atoms with Gasteiger partial charge >= 0.3 is 0 Å². The molecule has 0 bridgehead atoms. The van der Waals surface area contributed by atoms with Gasteiger partial charge in [0.1, 0.15) is 5.75 Å². The number of hydrogen-bond donors (Lipinski definition) is 1. The highest BCUT2D eigenvalue weighted by atomic mass is 16.5. The molecule has 1 aliphatic carbocycles. The van der Waals surface area contributed by atoms with Crippen molar-refractivity contribution < 1.29 is 14.3 Å². The molecule has 0 aromatic heterocycles. The van der Waals surface area contributed by atoms with Gasteiger partial charge in [-0.15, -0.1) is 0 Å². The maximum Gasteiger partial charge on any atom is 0.255 e. The van der Waals surface area contributed by atoms with Crippen molar-refractivity contribution in [3.05, 3.63) is 35.9 Å². The lowest BCUT2D eigenvalue weighted by Gasteiger charge is -2.26. The lowest BCUT2D eigenvalue weighted by atomic mass is 10.1. The van der Waals surface area contributed by atoms with E-state index < -0.39 is 5.91 Å². The molecule has 1 saturated carbocycles. The number of hydrogen-bond acceptors (Lipinski definition) is 3. The highest BCUT2D eigenvalue weighted by Gasteiger charge is 2.19. The average molecular weight is 330 g/mol. The zero-order chi connectivity index (χ0) is 17.4. The molecule has 1 aromatic rings. The van der Waals surface area contributed by atoms with Gasteiger partial charge in [-0.25, -0.2) is 0 Å². The molecule has 5 heteroatoms. The van der Waals surface area contributed by atoms with E-state index >= 15 is 0 Å². The molecule has 0 atom stereocenters. The second-order valence-corrected chi connectivity index (χ2v) is 6.25. The van der Waals surface area contributed by atoms with Crippen LogP contribution in [0.25, 0.3) is 6.08 Å². The van der Waals surface area contributed by atoms with Crippen LogP contribution in [0.5, 0.6) is 5.75 Å². The van der Waals surface area contributed by atoms with Crippen molar-refractivity contribution in [2.75, 3.05) is 13.7 Å². The zero-order valence-corrected chi connectivity index (χ0v) is 14.2. The fourth-order valence-electron chi connectivity index (χ4n) is 2.94. The number of ether oxygens (including phenoxy) is 1. The maximum absolute atomic E-state index is 12.3. The minimum absolute atomic E-state index is 0.0379. The first-order chi connectivity index (χ1) is 11.6. The number of carbonyl (C=O) groups excluding carboxylic acids is 2. The number of likely N-dealkylation sites (N-methyl/N-ethyl adjacent to an activating group) is 1. The van der Waals surface area contributed by atoms with Crippen molar-refractivity contribution >= 4 is 17.9 Å². The summed E-state index contributed by atoms with van der Waals surface area (Å²) in [4.78, 5) is 24.9. The van der Waals surface area contributed by atoms with Gasteiger partial charge in [0.15, 0.2) is 6.61 Å². The van der Waals surface area contributed by atoms with E-state index in [4.69, 9.17) is 10.5 Å². The zero-order valence-electron chi connectivity index (χ0n) is 14.2. The van der Waals surface area contributed by atoms with Crippen molar-refractivity contribution in [3.8, 4) is 5.75 Å². The molecule has 0 spiro atoms. The Morgan fingerprint density at radius 1 is 1.17 bits per heavy atom. The van der Waals surface area contributed by atoms with Gasteiger partial charge in [-0.3, -0.25) is 9.59 Å². The monoisotopic (exact) mass is 330 g/mol. The van der Waals surface area contributed by atoms with Crippen LogP contribution in [0.2, 0.25) is 0 Å². The summed E-state index contributed by atoms with van der Waals surface area (Å²) in [5.74, 6) is 0.106. The van der Waals surface area contributed by atoms with E-state index in [2.05, 4.69) is 0 Å². The molecular formula is C19H26N2O3. The molecule has 1 aromatic carbocycles. The number of nitrogens with two attached hydrogens (primary N) is 1. The molecule has 0 aliphatic heterocycles. The Labute approximate surface area is 143 Å². The summed E-state index contributed by atoms with van der Waals surface area (Å²) in [6.45, 7) is -0.139. The highest BCUT2D eigenvalue weighted by Crippen LogP contribution is 2.21. The lowest BCUT2D eigenvalue weighted by Crippen LogP contribution is -2.35. The van der Waals surface area contributed by atoms with Gasteiger partial charge < -0.3 is 15.4 Å². The quantitative estimate of drug-likeness (QED) is 0.644. The van der Waals surface area contributed by atoms with Crippen molar-refractivity contribution in [1.82, 2.24) is 4.90 Å². The smallest absolute Gasteiger partial charge is 0.255 e. The molecule has 0 saturated heterocycles. The Hall–Kier alpha value is -2.30. The molecule has 1 aliphatic rings. The summed E-state index contributed by atoms with van der Waals surface area (Å²) < 4.78 is 5.20. The van der Waals surface area contributed by atoms with Crippen LogP contribution in [0.15, 0.2) is 30.3 Å². The van der Waals surface area contributed by atoms with Gasteiger partial charge in [0.25, 0.3) is 5.91 Å². The Balaban J connectivity index is 1.89. The first kappa shape index (κ1) is 18.0. The summed E-state index contributed by atoms with van der Waals surface area (Å²) >= 11 is 0. The molecule has 2 rings (SSSR count). The first-order valence-electron chi connectivity index (χ1n) is 8.52. The molecule has 2 amide bonds. The lowest BCUT2D eigenvalue weighted by molar-refractivity contribution is -0.127. The summed E-state index contributed by atoms with van der Waals surface area (Å²) in [5.41, 5.74) is 5.94. The van der Waals surface area contributed by atoms with E-state index in [9.17, 15) is 9.59 Å². The SMILES string of the molecule is CN(C(=O)/C=C/c1ccc(OCC(N)=O)cc1)C1CCCCCC1. The number of carbonyl (C=O) groups is 2. The van der Waals surface area contributed by atoms with Crippen molar-refractivity contribution in [2.24, 2.45) is 5.73 Å². The van der Waals surface area contributed by atoms with Crippen molar-refractivity contribution in [1.29, 1.82) is 0 Å². The number of primary amides is 1. The van der Waals surface area contributed by atoms with Crippen LogP contribution in [-0.2, 0) is 9.59 Å². The minimum atomic E-state index is -0.508. The molecule has 1 fully saturated rings. The van der Waals surface area contributed by atoms with E-state index in [0.717, 1.165) is 18.4 Å². The van der Waals surface area contributed by atoms with Crippen LogP contribution in [0, 0.1) is 0 Å². The second kappa shape index (κ2) is 9.11. The van der Waals surface area contributed by atoms with Gasteiger partial charge in [-0.2, -0.15) is 0 Å². The number of benzene rings is 1. The second-order valence-electron chi connectivity index (χ2n) is 6.25. The van der Waals surface area contributed by atoms with Gasteiger partial charge in [0.05, 0.1) is 0 Å². The van der Waals surface area contributed by atoms with Crippen LogP contribution in [-0.4, -0.2) is 36.4 Å². The van der Waals surface area contributed by atoms with Gasteiger partial charge in [-0.05, 0) is 36.6 Å². The van der Waals surface area contributed by atoms with Crippen LogP contribution in [0.3, 0.4) is 0 Å². The molecule has 2 N–H and O–H groups in total. The Kier molecular flexibility index (Phi) is 6.85. The molecule has 0 unspecified atom stereocenters.